The summed E-state index contributed by atoms with van der Waals surface area (Å²) in [4.78, 5) is 39.5. The Morgan fingerprint density at radius 1 is 1.17 bits per heavy atom. The standard InChI is InChI=1S/C17H20N4O3/c22-15(19-12-7-10-5-6-11(8-12)18-10)9-21-16(23)13-3-1-2-4-14(13)20-17(21)24/h1-4,10-12,18H,5-9H2,(H,19,22)(H,20,24). The van der Waals surface area contributed by atoms with Gasteiger partial charge >= 0.3 is 5.69 Å². The zero-order chi connectivity index (χ0) is 16.7. The Morgan fingerprint density at radius 3 is 2.62 bits per heavy atom. The Hall–Kier alpha value is -2.41. The number of piperidine rings is 1. The van der Waals surface area contributed by atoms with E-state index in [1.807, 2.05) is 0 Å². The van der Waals surface area contributed by atoms with E-state index in [0.717, 1.165) is 30.3 Å². The summed E-state index contributed by atoms with van der Waals surface area (Å²) in [6, 6.07) is 7.87. The largest absolute Gasteiger partial charge is 0.352 e. The van der Waals surface area contributed by atoms with Crippen LogP contribution in [0.3, 0.4) is 0 Å². The number of hydrogen-bond donors (Lipinski definition) is 3. The van der Waals surface area contributed by atoms with Crippen molar-refractivity contribution in [2.24, 2.45) is 0 Å². The van der Waals surface area contributed by atoms with Gasteiger partial charge in [-0.25, -0.2) is 4.79 Å². The first-order valence-electron chi connectivity index (χ1n) is 8.37. The van der Waals surface area contributed by atoms with Gasteiger partial charge in [-0.3, -0.25) is 14.2 Å². The van der Waals surface area contributed by atoms with E-state index < -0.39 is 11.2 Å². The van der Waals surface area contributed by atoms with Crippen LogP contribution in [0.25, 0.3) is 10.9 Å². The molecule has 1 amide bonds. The van der Waals surface area contributed by atoms with Crippen molar-refractivity contribution in [3.63, 3.8) is 0 Å². The Labute approximate surface area is 138 Å². The van der Waals surface area contributed by atoms with Gasteiger partial charge in [0.25, 0.3) is 5.56 Å². The molecule has 2 saturated heterocycles. The number of aromatic nitrogens is 2. The van der Waals surface area contributed by atoms with Crippen molar-refractivity contribution in [3.05, 3.63) is 45.1 Å². The van der Waals surface area contributed by atoms with Gasteiger partial charge < -0.3 is 15.6 Å². The molecule has 1 aromatic carbocycles. The van der Waals surface area contributed by atoms with Crippen molar-refractivity contribution in [2.45, 2.75) is 50.4 Å². The molecule has 1 aromatic heterocycles. The third-order valence-corrected chi connectivity index (χ3v) is 5.03. The van der Waals surface area contributed by atoms with Crippen LogP contribution in [0.1, 0.15) is 25.7 Å². The molecule has 24 heavy (non-hydrogen) atoms. The lowest BCUT2D eigenvalue weighted by molar-refractivity contribution is -0.122. The fourth-order valence-electron chi connectivity index (χ4n) is 3.93. The number of fused-ring (bicyclic) bond motifs is 3. The second kappa shape index (κ2) is 5.90. The fraction of sp³-hybridized carbons (Fsp3) is 0.471. The first-order valence-corrected chi connectivity index (χ1v) is 8.37. The smallest absolute Gasteiger partial charge is 0.329 e. The molecule has 0 radical (unpaired) electrons. The Bertz CT molecular complexity index is 889. The van der Waals surface area contributed by atoms with Crippen molar-refractivity contribution < 1.29 is 4.79 Å². The molecule has 7 nitrogen and oxygen atoms in total. The summed E-state index contributed by atoms with van der Waals surface area (Å²) < 4.78 is 0.966. The van der Waals surface area contributed by atoms with Crippen LogP contribution >= 0.6 is 0 Å². The maximum Gasteiger partial charge on any atom is 0.329 e. The van der Waals surface area contributed by atoms with Crippen LogP contribution in [-0.4, -0.2) is 33.6 Å². The number of nitrogens with one attached hydrogen (secondary N) is 3. The van der Waals surface area contributed by atoms with E-state index in [-0.39, 0.29) is 18.5 Å². The monoisotopic (exact) mass is 328 g/mol. The SMILES string of the molecule is O=C(Cn1c(=O)[nH]c2ccccc2c1=O)NC1CC2CCC(C1)N2. The molecule has 126 valence electrons. The summed E-state index contributed by atoms with van der Waals surface area (Å²) in [5.74, 6) is -0.288. The van der Waals surface area contributed by atoms with Crippen LogP contribution in [0, 0.1) is 0 Å². The summed E-state index contributed by atoms with van der Waals surface area (Å²) >= 11 is 0. The molecule has 3 heterocycles. The van der Waals surface area contributed by atoms with Gasteiger partial charge in [0.05, 0.1) is 10.9 Å². The van der Waals surface area contributed by atoms with Crippen LogP contribution in [0.15, 0.2) is 33.9 Å². The van der Waals surface area contributed by atoms with Crippen LogP contribution in [0.5, 0.6) is 0 Å². The van der Waals surface area contributed by atoms with Crippen molar-refractivity contribution in [3.8, 4) is 0 Å². The normalized spacial score (nSPS) is 25.8. The van der Waals surface area contributed by atoms with E-state index in [1.165, 1.54) is 0 Å². The maximum absolute atomic E-state index is 12.4. The molecule has 0 aliphatic carbocycles. The molecule has 2 fully saturated rings. The molecule has 2 atom stereocenters. The van der Waals surface area contributed by atoms with E-state index in [1.54, 1.807) is 24.3 Å². The molecule has 3 N–H and O–H groups in total. The molecule has 2 aliphatic heterocycles. The number of H-pyrrole nitrogens is 1. The summed E-state index contributed by atoms with van der Waals surface area (Å²) in [6.45, 7) is -0.252. The van der Waals surface area contributed by atoms with Gasteiger partial charge in [0.2, 0.25) is 5.91 Å². The molecule has 2 aliphatic rings. The number of benzene rings is 1. The highest BCUT2D eigenvalue weighted by atomic mass is 16.2. The first-order chi connectivity index (χ1) is 11.6. The van der Waals surface area contributed by atoms with Crippen molar-refractivity contribution in [2.75, 3.05) is 0 Å². The lowest BCUT2D eigenvalue weighted by Gasteiger charge is -2.29. The van der Waals surface area contributed by atoms with Crippen molar-refractivity contribution >= 4 is 16.8 Å². The van der Waals surface area contributed by atoms with Crippen LogP contribution in [0.2, 0.25) is 0 Å². The van der Waals surface area contributed by atoms with Gasteiger partial charge in [0, 0.05) is 18.1 Å². The van der Waals surface area contributed by atoms with Crippen molar-refractivity contribution in [1.82, 2.24) is 20.2 Å². The van der Waals surface area contributed by atoms with Crippen LogP contribution < -0.4 is 21.9 Å². The first kappa shape index (κ1) is 15.1. The number of rotatable bonds is 3. The Morgan fingerprint density at radius 2 is 1.88 bits per heavy atom. The van der Waals surface area contributed by atoms with Gasteiger partial charge in [-0.05, 0) is 37.8 Å². The Kier molecular flexibility index (Phi) is 3.72. The van der Waals surface area contributed by atoms with E-state index in [4.69, 9.17) is 0 Å². The number of nitrogens with zero attached hydrogens (tertiary/aromatic N) is 1. The molecule has 7 heteroatoms. The molecule has 0 spiro atoms. The fourth-order valence-corrected chi connectivity index (χ4v) is 3.93. The zero-order valence-electron chi connectivity index (χ0n) is 13.2. The number of carbonyl (C=O) groups excluding carboxylic acids is 1. The van der Waals surface area contributed by atoms with Gasteiger partial charge in [-0.2, -0.15) is 0 Å². The Balaban J connectivity index is 1.52. The number of aromatic amines is 1. The second-order valence-electron chi connectivity index (χ2n) is 6.74. The van der Waals surface area contributed by atoms with Gasteiger partial charge in [0.15, 0.2) is 0 Å². The second-order valence-corrected chi connectivity index (χ2v) is 6.74. The molecular weight excluding hydrogens is 308 g/mol. The number of para-hydroxylation sites is 1. The quantitative estimate of drug-likeness (QED) is 0.744. The summed E-state index contributed by atoms with van der Waals surface area (Å²) in [7, 11) is 0. The average molecular weight is 328 g/mol. The predicted octanol–water partition coefficient (Wildman–Crippen LogP) is 0.0890. The minimum atomic E-state index is -0.556. The third kappa shape index (κ3) is 2.75. The third-order valence-electron chi connectivity index (χ3n) is 5.03. The van der Waals surface area contributed by atoms with Crippen LogP contribution in [0.4, 0.5) is 0 Å². The summed E-state index contributed by atoms with van der Waals surface area (Å²) in [5, 5.41) is 6.91. The van der Waals surface area contributed by atoms with Gasteiger partial charge in [0.1, 0.15) is 6.54 Å². The minimum Gasteiger partial charge on any atom is -0.352 e. The lowest BCUT2D eigenvalue weighted by Crippen LogP contribution is -2.50. The molecule has 2 aromatic rings. The van der Waals surface area contributed by atoms with Gasteiger partial charge in [-0.15, -0.1) is 0 Å². The summed E-state index contributed by atoms with van der Waals surface area (Å²) in [5.41, 5.74) is -0.506. The molecule has 0 saturated carbocycles. The molecule has 2 bridgehead atoms. The topological polar surface area (TPSA) is 96.0 Å². The highest BCUT2D eigenvalue weighted by Gasteiger charge is 2.34. The molecular formula is C17H20N4O3. The highest BCUT2D eigenvalue weighted by molar-refractivity contribution is 5.79. The number of carbonyl (C=O) groups is 1. The van der Waals surface area contributed by atoms with E-state index in [0.29, 0.717) is 23.0 Å². The minimum absolute atomic E-state index is 0.117. The van der Waals surface area contributed by atoms with E-state index in [2.05, 4.69) is 15.6 Å². The number of amides is 1. The van der Waals surface area contributed by atoms with Crippen LogP contribution in [-0.2, 0) is 11.3 Å². The highest BCUT2D eigenvalue weighted by Crippen LogP contribution is 2.26. The van der Waals surface area contributed by atoms with Crippen molar-refractivity contribution in [1.29, 1.82) is 0 Å². The molecule has 2 unspecified atom stereocenters. The summed E-state index contributed by atoms with van der Waals surface area (Å²) in [6.07, 6.45) is 4.12. The molecule has 4 rings (SSSR count). The predicted molar refractivity (Wildman–Crippen MR) is 89.9 cm³/mol. The van der Waals surface area contributed by atoms with E-state index in [9.17, 15) is 14.4 Å². The van der Waals surface area contributed by atoms with Gasteiger partial charge in [-0.1, -0.05) is 12.1 Å². The number of hydrogen-bond acceptors (Lipinski definition) is 4. The average Bonchev–Trinajstić information content (AvgIpc) is 2.90. The lowest BCUT2D eigenvalue weighted by atomic mass is 10.00. The maximum atomic E-state index is 12.4. The van der Waals surface area contributed by atoms with E-state index >= 15 is 0 Å². The zero-order valence-corrected chi connectivity index (χ0v) is 13.2.